The Balaban J connectivity index is 1.89. The van der Waals surface area contributed by atoms with Crippen LogP contribution in [0.2, 0.25) is 0 Å². The number of hydrogen-bond acceptors (Lipinski definition) is 3. The van der Waals surface area contributed by atoms with Crippen LogP contribution in [0.5, 0.6) is 0 Å². The second kappa shape index (κ2) is 8.64. The molecule has 3 aromatic rings. The van der Waals surface area contributed by atoms with Gasteiger partial charge in [0.2, 0.25) is 0 Å². The quantitative estimate of drug-likeness (QED) is 0.640. The summed E-state index contributed by atoms with van der Waals surface area (Å²) >= 11 is 0. The maximum Gasteiger partial charge on any atom is 0.320 e. The van der Waals surface area contributed by atoms with Gasteiger partial charge in [-0.05, 0) is 24.5 Å². The van der Waals surface area contributed by atoms with Crippen molar-refractivity contribution in [3.05, 3.63) is 77.5 Å². The summed E-state index contributed by atoms with van der Waals surface area (Å²) in [6, 6.07) is 17.9. The number of carboxylic acid groups (broad SMARTS) is 1. The first-order valence-electron chi connectivity index (χ1n) is 9.22. The van der Waals surface area contributed by atoms with Gasteiger partial charge in [-0.2, -0.15) is 5.10 Å². The summed E-state index contributed by atoms with van der Waals surface area (Å²) in [5.74, 6) is -0.861. The Morgan fingerprint density at radius 1 is 1.11 bits per heavy atom. The average Bonchev–Trinajstić information content (AvgIpc) is 3.09. The molecule has 1 unspecified atom stereocenters. The summed E-state index contributed by atoms with van der Waals surface area (Å²) in [6.45, 7) is 4.90. The molecule has 3 rings (SSSR count). The third-order valence-corrected chi connectivity index (χ3v) is 4.63. The topological polar surface area (TPSA) is 67.2 Å². The van der Waals surface area contributed by atoms with Crippen molar-refractivity contribution in [2.45, 2.75) is 39.4 Å². The van der Waals surface area contributed by atoms with Crippen molar-refractivity contribution in [1.82, 2.24) is 15.1 Å². The highest BCUT2D eigenvalue weighted by molar-refractivity contribution is 5.73. The van der Waals surface area contributed by atoms with E-state index in [4.69, 9.17) is 10.2 Å². The number of rotatable bonds is 8. The molecular formula is C22H25N3O2. The lowest BCUT2D eigenvalue weighted by molar-refractivity contribution is -0.139. The van der Waals surface area contributed by atoms with Gasteiger partial charge in [-0.15, -0.1) is 0 Å². The fourth-order valence-corrected chi connectivity index (χ4v) is 2.94. The minimum Gasteiger partial charge on any atom is -0.480 e. The van der Waals surface area contributed by atoms with Crippen molar-refractivity contribution in [3.8, 4) is 11.3 Å². The Labute approximate surface area is 159 Å². The van der Waals surface area contributed by atoms with Crippen molar-refractivity contribution in [2.24, 2.45) is 0 Å². The zero-order valence-electron chi connectivity index (χ0n) is 15.7. The van der Waals surface area contributed by atoms with Crippen LogP contribution in [0.15, 0.2) is 60.8 Å². The van der Waals surface area contributed by atoms with E-state index < -0.39 is 12.0 Å². The molecule has 0 saturated heterocycles. The molecule has 0 saturated carbocycles. The van der Waals surface area contributed by atoms with Gasteiger partial charge in [0, 0.05) is 23.9 Å². The molecular weight excluding hydrogens is 338 g/mol. The predicted octanol–water partition coefficient (Wildman–Crippen LogP) is 3.72. The van der Waals surface area contributed by atoms with E-state index in [9.17, 15) is 4.79 Å². The van der Waals surface area contributed by atoms with Crippen molar-refractivity contribution >= 4 is 5.97 Å². The highest BCUT2D eigenvalue weighted by Gasteiger charge is 2.15. The summed E-state index contributed by atoms with van der Waals surface area (Å²) in [4.78, 5) is 11.1. The van der Waals surface area contributed by atoms with Gasteiger partial charge in [0.1, 0.15) is 6.04 Å². The number of nitrogens with zero attached hydrogens (tertiary/aromatic N) is 2. The Bertz CT molecular complexity index is 886. The van der Waals surface area contributed by atoms with Crippen LogP contribution in [-0.4, -0.2) is 26.9 Å². The van der Waals surface area contributed by atoms with E-state index in [0.29, 0.717) is 13.1 Å². The number of nitrogens with one attached hydrogen (secondary N) is 1. The van der Waals surface area contributed by atoms with Crippen molar-refractivity contribution in [1.29, 1.82) is 0 Å². The molecule has 0 amide bonds. The van der Waals surface area contributed by atoms with Crippen LogP contribution >= 0.6 is 0 Å². The summed E-state index contributed by atoms with van der Waals surface area (Å²) in [5.41, 5.74) is 5.37. The normalized spacial score (nSPS) is 12.1. The highest BCUT2D eigenvalue weighted by Crippen LogP contribution is 2.23. The van der Waals surface area contributed by atoms with Gasteiger partial charge in [0.05, 0.1) is 12.2 Å². The predicted molar refractivity (Wildman–Crippen MR) is 107 cm³/mol. The van der Waals surface area contributed by atoms with Gasteiger partial charge in [-0.3, -0.25) is 9.48 Å². The second-order valence-corrected chi connectivity index (χ2v) is 6.68. The number of carbonyl (C=O) groups is 1. The van der Waals surface area contributed by atoms with Gasteiger partial charge in [0.15, 0.2) is 0 Å². The summed E-state index contributed by atoms with van der Waals surface area (Å²) in [5, 5.41) is 17.0. The molecule has 2 aromatic carbocycles. The molecule has 5 nitrogen and oxygen atoms in total. The van der Waals surface area contributed by atoms with Crippen LogP contribution in [-0.2, 0) is 24.3 Å². The molecule has 1 atom stereocenters. The smallest absolute Gasteiger partial charge is 0.320 e. The Morgan fingerprint density at radius 2 is 1.81 bits per heavy atom. The number of carboxylic acids is 1. The maximum absolute atomic E-state index is 11.1. The van der Waals surface area contributed by atoms with Gasteiger partial charge in [-0.25, -0.2) is 0 Å². The van der Waals surface area contributed by atoms with Gasteiger partial charge in [-0.1, -0.05) is 61.5 Å². The summed E-state index contributed by atoms with van der Waals surface area (Å²) in [7, 11) is 0. The van der Waals surface area contributed by atoms with E-state index >= 15 is 0 Å². The van der Waals surface area contributed by atoms with Gasteiger partial charge < -0.3 is 10.4 Å². The molecule has 0 aliphatic rings. The molecule has 140 valence electrons. The van der Waals surface area contributed by atoms with Crippen molar-refractivity contribution < 1.29 is 9.90 Å². The molecule has 5 heteroatoms. The fourth-order valence-electron chi connectivity index (χ4n) is 2.94. The molecule has 0 fully saturated rings. The molecule has 0 bridgehead atoms. The molecule has 0 radical (unpaired) electrons. The number of hydrogen-bond donors (Lipinski definition) is 2. The summed E-state index contributed by atoms with van der Waals surface area (Å²) < 4.78 is 1.92. The highest BCUT2D eigenvalue weighted by atomic mass is 16.4. The Hall–Kier alpha value is -2.92. The van der Waals surface area contributed by atoms with Crippen LogP contribution < -0.4 is 5.32 Å². The standard InChI is InChI=1S/C22H25N3O2/c1-3-17-9-11-19(12-10-17)21-20(13-23-16(2)22(26)27)15-25(24-21)14-18-7-5-4-6-8-18/h4-12,15-16,23H,3,13-14H2,1-2H3,(H,26,27). The lowest BCUT2D eigenvalue weighted by Gasteiger charge is -2.09. The fraction of sp³-hybridized carbons (Fsp3) is 0.273. The zero-order chi connectivity index (χ0) is 19.2. The average molecular weight is 363 g/mol. The minimum atomic E-state index is -0.861. The van der Waals surface area contributed by atoms with E-state index in [1.807, 2.05) is 29.1 Å². The third kappa shape index (κ3) is 4.83. The van der Waals surface area contributed by atoms with Crippen LogP contribution in [0.1, 0.15) is 30.5 Å². The SMILES string of the molecule is CCc1ccc(-c2nn(Cc3ccccc3)cc2CNC(C)C(=O)O)cc1. The number of aryl methyl sites for hydroxylation is 1. The van der Waals surface area contributed by atoms with E-state index in [1.165, 1.54) is 11.1 Å². The van der Waals surface area contributed by atoms with Crippen molar-refractivity contribution in [2.75, 3.05) is 0 Å². The number of benzene rings is 2. The number of aliphatic carboxylic acids is 1. The third-order valence-electron chi connectivity index (χ3n) is 4.63. The van der Waals surface area contributed by atoms with Crippen LogP contribution in [0.3, 0.4) is 0 Å². The van der Waals surface area contributed by atoms with Gasteiger partial charge >= 0.3 is 5.97 Å². The van der Waals surface area contributed by atoms with Gasteiger partial charge in [0.25, 0.3) is 0 Å². The van der Waals surface area contributed by atoms with Crippen LogP contribution in [0.25, 0.3) is 11.3 Å². The van der Waals surface area contributed by atoms with E-state index in [1.54, 1.807) is 6.92 Å². The largest absolute Gasteiger partial charge is 0.480 e. The van der Waals surface area contributed by atoms with Crippen molar-refractivity contribution in [3.63, 3.8) is 0 Å². The number of aromatic nitrogens is 2. The first kappa shape index (κ1) is 18.9. The molecule has 1 aromatic heterocycles. The molecule has 1 heterocycles. The van der Waals surface area contributed by atoms with E-state index in [2.05, 4.69) is 48.6 Å². The first-order chi connectivity index (χ1) is 13.1. The zero-order valence-corrected chi connectivity index (χ0v) is 15.7. The molecule has 0 aliphatic carbocycles. The van der Waals surface area contributed by atoms with Crippen LogP contribution in [0.4, 0.5) is 0 Å². The molecule has 0 aliphatic heterocycles. The Kier molecular flexibility index (Phi) is 6.04. The lowest BCUT2D eigenvalue weighted by atomic mass is 10.0. The molecule has 27 heavy (non-hydrogen) atoms. The molecule has 0 spiro atoms. The second-order valence-electron chi connectivity index (χ2n) is 6.68. The molecule has 2 N–H and O–H groups in total. The van der Waals surface area contributed by atoms with E-state index in [0.717, 1.165) is 23.2 Å². The minimum absolute atomic E-state index is 0.452. The lowest BCUT2D eigenvalue weighted by Crippen LogP contribution is -2.33. The monoisotopic (exact) mass is 363 g/mol. The Morgan fingerprint density at radius 3 is 2.44 bits per heavy atom. The first-order valence-corrected chi connectivity index (χ1v) is 9.22. The summed E-state index contributed by atoms with van der Waals surface area (Å²) in [6.07, 6.45) is 2.99. The maximum atomic E-state index is 11.1. The van der Waals surface area contributed by atoms with Crippen LogP contribution in [0, 0.1) is 0 Å². The van der Waals surface area contributed by atoms with E-state index in [-0.39, 0.29) is 0 Å².